The Balaban J connectivity index is -0.0000000112. The Bertz CT molecular complexity index is 331. The van der Waals surface area contributed by atoms with Gasteiger partial charge in [0.2, 0.25) is 5.91 Å². The van der Waals surface area contributed by atoms with Crippen molar-refractivity contribution in [2.45, 2.75) is 7.43 Å². The number of carbonyl (C=O) groups excluding carboxylic acids is 1. The molecule has 0 bridgehead atoms. The summed E-state index contributed by atoms with van der Waals surface area (Å²) in [5.41, 5.74) is 4.40. The first-order chi connectivity index (χ1) is 10.6. The quantitative estimate of drug-likeness (QED) is 0.173. The highest BCUT2D eigenvalue weighted by Crippen LogP contribution is 1.49. The van der Waals surface area contributed by atoms with Crippen LogP contribution < -0.4 is 18.0 Å². The second-order valence-corrected chi connectivity index (χ2v) is 2.36. The molecular weight excluding hydrogens is 426 g/mol. The second-order valence-electron chi connectivity index (χ2n) is 2.36. The predicted molar refractivity (Wildman–Crippen MR) is 104 cm³/mol. The molecule has 0 unspecified atom stereocenters. The minimum absolute atomic E-state index is 0. The number of nitriles is 2. The molecule has 0 rings (SSSR count). The minimum atomic E-state index is -1.19. The summed E-state index contributed by atoms with van der Waals surface area (Å²) in [7, 11) is 0. The van der Waals surface area contributed by atoms with Crippen LogP contribution in [0.5, 0.6) is 0 Å². The highest BCUT2D eigenvalue weighted by atomic mass is 16.4. The molecule has 1 amide bonds. The zero-order valence-electron chi connectivity index (χ0n) is 15.3. The average molecular weight is 465 g/mol. The number of primary amides is 1. The monoisotopic (exact) mass is 465 g/mol. The zero-order chi connectivity index (χ0) is 19.7. The molecule has 192 valence electrons. The van der Waals surface area contributed by atoms with Gasteiger partial charge in [-0.15, -0.1) is 0 Å². The smallest absolute Gasteiger partial charge is 0.329 e. The molecule has 0 spiro atoms. The molecule has 0 fully saturated rings. The van der Waals surface area contributed by atoms with Crippen molar-refractivity contribution < 1.29 is 73.5 Å². The van der Waals surface area contributed by atoms with Crippen molar-refractivity contribution >= 4 is 17.8 Å². The Morgan fingerprint density at radius 1 is 0.700 bits per heavy atom. The summed E-state index contributed by atoms with van der Waals surface area (Å²) in [4.78, 5) is 27.6. The maximum absolute atomic E-state index is 9.34. The maximum atomic E-state index is 9.34. The van der Waals surface area contributed by atoms with Crippen molar-refractivity contribution in [1.82, 2.24) is 12.3 Å². The summed E-state index contributed by atoms with van der Waals surface area (Å²) in [6, 6.07) is 2.97. The number of carbonyl (C=O) groups is 3. The molecule has 0 aliphatic carbocycles. The lowest BCUT2D eigenvalue weighted by atomic mass is 10.7. The van der Waals surface area contributed by atoms with Gasteiger partial charge in [0.25, 0.3) is 0 Å². The summed E-state index contributed by atoms with van der Waals surface area (Å²) in [6.07, 6.45) is 0. The molecule has 0 radical (unpaired) electrons. The summed E-state index contributed by atoms with van der Waals surface area (Å²) in [6.45, 7) is -2.86. The fraction of sp³-hybridized carbons (Fsp3) is 0.545. The van der Waals surface area contributed by atoms with Gasteiger partial charge in [-0.05, 0) is 0 Å². The molecule has 0 aromatic carbocycles. The number of nitrogens with zero attached hydrogens (tertiary/aromatic N) is 2. The van der Waals surface area contributed by atoms with Crippen LogP contribution >= 0.6 is 0 Å². The Hall–Kier alpha value is -3.05. The first kappa shape index (κ1) is 81.2. The van der Waals surface area contributed by atoms with Crippen molar-refractivity contribution in [2.24, 2.45) is 5.73 Å². The topological polar surface area (TPSA) is 462 Å². The number of carboxylic acid groups (broad SMARTS) is 2. The summed E-state index contributed by atoms with van der Waals surface area (Å²) in [5, 5.41) is 67.5. The highest BCUT2D eigenvalue weighted by molar-refractivity contribution is 5.74. The van der Waals surface area contributed by atoms with Crippen LogP contribution in [0.25, 0.3) is 0 Å². The number of aliphatic hydroxyl groups excluding tert-OH is 5. The van der Waals surface area contributed by atoms with Gasteiger partial charge in [0.05, 0.1) is 12.1 Å². The summed E-state index contributed by atoms with van der Waals surface area (Å²) < 4.78 is 0. The largest absolute Gasteiger partial charge is 0.480 e. The van der Waals surface area contributed by atoms with Crippen LogP contribution in [-0.2, 0) is 14.4 Å². The van der Waals surface area contributed by atoms with Crippen molar-refractivity contribution in [3.63, 3.8) is 0 Å². The van der Waals surface area contributed by atoms with E-state index in [1.54, 1.807) is 0 Å². The third-order valence-corrected chi connectivity index (χ3v) is 0.568. The lowest BCUT2D eigenvalue weighted by Gasteiger charge is -1.73. The van der Waals surface area contributed by atoms with Gasteiger partial charge in [-0.2, -0.15) is 10.5 Å². The first-order valence-electron chi connectivity index (χ1n) is 5.14. The number of hydrogen-bond donors (Lipinski definition) is 10. The molecule has 0 aliphatic rings. The Kier molecular flexibility index (Phi) is 261. The van der Waals surface area contributed by atoms with Crippen LogP contribution in [0, 0.1) is 22.7 Å². The predicted octanol–water partition coefficient (Wildman–Crippen LogP) is -6.50. The maximum Gasteiger partial charge on any atom is 0.329 e. The van der Waals surface area contributed by atoms with Crippen LogP contribution in [0.2, 0.25) is 0 Å². The van der Waals surface area contributed by atoms with E-state index in [0.29, 0.717) is 0 Å². The van der Waals surface area contributed by atoms with E-state index in [1.807, 2.05) is 0 Å². The summed E-state index contributed by atoms with van der Waals surface area (Å²) >= 11 is 0. The van der Waals surface area contributed by atoms with Gasteiger partial charge in [-0.1, -0.05) is 7.43 Å². The summed E-state index contributed by atoms with van der Waals surface area (Å²) in [5.74, 6) is -3.07. The molecule has 0 aromatic heterocycles. The van der Waals surface area contributed by atoms with Gasteiger partial charge >= 0.3 is 11.9 Å². The molecule has 30 heavy (non-hydrogen) atoms. The molecule has 19 nitrogen and oxygen atoms in total. The second kappa shape index (κ2) is 96.3. The first-order valence-corrected chi connectivity index (χ1v) is 5.14. The normalized spacial score (nSPS) is 5.03. The van der Waals surface area contributed by atoms with Gasteiger partial charge in [-0.3, -0.25) is 4.79 Å². The Labute approximate surface area is 173 Å². The van der Waals surface area contributed by atoms with E-state index in [-0.39, 0.29) is 56.3 Å². The molecule has 0 heterocycles. The Morgan fingerprint density at radius 2 is 0.800 bits per heavy atom. The molecule has 0 saturated carbocycles. The highest BCUT2D eigenvalue weighted by Gasteiger charge is 1.83. The number of aliphatic carboxylic acids is 2. The molecule has 0 saturated heterocycles. The fourth-order valence-corrected chi connectivity index (χ4v) is 0. The molecule has 19 heteroatoms. The number of hydrogen-bond acceptors (Lipinski definition) is 12. The molecular formula is C11H39N5O14. The lowest BCUT2D eigenvalue weighted by Crippen LogP contribution is -2.14. The van der Waals surface area contributed by atoms with Crippen LogP contribution in [-0.4, -0.2) is 109 Å². The van der Waals surface area contributed by atoms with Crippen molar-refractivity contribution in [1.29, 1.82) is 10.5 Å². The van der Waals surface area contributed by atoms with E-state index in [1.165, 1.54) is 12.1 Å². The fourth-order valence-electron chi connectivity index (χ4n) is 0. The SMILES string of the molecule is C.N.N.N#CCO.N#CCO.NC(=O)CO.O.O.O.O.O=C(O)CO.O=C(O)CO.[HH]. The number of nitrogens with two attached hydrogens (primary N) is 1. The van der Waals surface area contributed by atoms with Gasteiger partial charge in [0.15, 0.2) is 0 Å². The number of amides is 1. The van der Waals surface area contributed by atoms with E-state index in [0.717, 1.165) is 0 Å². The van der Waals surface area contributed by atoms with Crippen molar-refractivity contribution in [3.8, 4) is 12.1 Å². The van der Waals surface area contributed by atoms with Crippen LogP contribution in [0.1, 0.15) is 8.85 Å². The number of rotatable bonds is 3. The number of carboxylic acids is 2. The van der Waals surface area contributed by atoms with Crippen LogP contribution in [0.3, 0.4) is 0 Å². The lowest BCUT2D eigenvalue weighted by molar-refractivity contribution is -0.141. The third-order valence-electron chi connectivity index (χ3n) is 0.568. The standard InChI is InChI=1S/C2H5NO2.2C2H3NO.2C2H4O3.CH4.2H3N.4H2O.H2/c3-2(5)1-4;2*3-1-2-4;2*3-1-2(4)5;;;;;;;;/h4H,1H2,(H2,3,5);2*4H,2H2;2*3H,1H2,(H,4,5);1H4;2*1H3;4*1H2;1H. The van der Waals surface area contributed by atoms with Gasteiger partial charge < -0.3 is 75.7 Å². The van der Waals surface area contributed by atoms with Gasteiger partial charge in [0, 0.05) is 1.43 Å². The third kappa shape index (κ3) is 584. The Morgan fingerprint density at radius 3 is 0.800 bits per heavy atom. The van der Waals surface area contributed by atoms with Crippen molar-refractivity contribution in [3.05, 3.63) is 0 Å². The van der Waals surface area contributed by atoms with Gasteiger partial charge in [-0.25, -0.2) is 9.59 Å². The average Bonchev–Trinajstić information content (AvgIpc) is 2.56. The molecule has 0 aromatic rings. The van der Waals surface area contributed by atoms with E-state index >= 15 is 0 Å². The van der Waals surface area contributed by atoms with Gasteiger partial charge in [0.1, 0.15) is 33.0 Å². The minimum Gasteiger partial charge on any atom is -0.480 e. The van der Waals surface area contributed by atoms with Crippen LogP contribution in [0.15, 0.2) is 0 Å². The molecule has 0 aliphatic heterocycles. The van der Waals surface area contributed by atoms with E-state index < -0.39 is 37.7 Å². The van der Waals surface area contributed by atoms with E-state index in [4.69, 9.17) is 55.9 Å². The number of aliphatic hydroxyl groups is 5. The van der Waals surface area contributed by atoms with Crippen molar-refractivity contribution in [2.75, 3.05) is 33.0 Å². The van der Waals surface area contributed by atoms with E-state index in [9.17, 15) is 4.79 Å². The molecule has 23 N–H and O–H groups in total. The molecule has 0 atom stereocenters. The zero-order valence-corrected chi connectivity index (χ0v) is 15.3. The van der Waals surface area contributed by atoms with Crippen LogP contribution in [0.4, 0.5) is 0 Å². The van der Waals surface area contributed by atoms with E-state index in [2.05, 4.69) is 5.73 Å².